The number of nitro benzene ring substituents is 1. The van der Waals surface area contributed by atoms with E-state index in [1.54, 1.807) is 19.9 Å². The van der Waals surface area contributed by atoms with Crippen molar-refractivity contribution in [1.82, 2.24) is 15.1 Å². The first kappa shape index (κ1) is 18.4. The maximum absolute atomic E-state index is 12.1. The van der Waals surface area contributed by atoms with Crippen LogP contribution in [-0.2, 0) is 6.54 Å². The molecule has 0 aliphatic heterocycles. The van der Waals surface area contributed by atoms with Gasteiger partial charge in [0.25, 0.3) is 5.69 Å². The van der Waals surface area contributed by atoms with Gasteiger partial charge in [0, 0.05) is 24.8 Å². The average molecular weight is 345 g/mol. The van der Waals surface area contributed by atoms with Crippen LogP contribution in [0, 0.1) is 37.8 Å². The molecule has 0 atom stereocenters. The van der Waals surface area contributed by atoms with Crippen LogP contribution < -0.4 is 10.6 Å². The van der Waals surface area contributed by atoms with Gasteiger partial charge in [-0.15, -0.1) is 0 Å². The van der Waals surface area contributed by atoms with Gasteiger partial charge in [0.2, 0.25) is 0 Å². The third-order valence-electron chi connectivity index (χ3n) is 4.02. The fraction of sp³-hybridized carbons (Fsp3) is 0.412. The molecule has 0 saturated carbocycles. The van der Waals surface area contributed by atoms with Gasteiger partial charge in [0.1, 0.15) is 0 Å². The highest BCUT2D eigenvalue weighted by Gasteiger charge is 2.17. The van der Waals surface area contributed by atoms with E-state index in [1.165, 1.54) is 6.07 Å². The number of anilines is 1. The number of hydrogen-bond donors (Lipinski definition) is 2. The lowest BCUT2D eigenvalue weighted by Gasteiger charge is -2.13. The lowest BCUT2D eigenvalue weighted by atomic mass is 10.1. The Morgan fingerprint density at radius 1 is 1.28 bits per heavy atom. The summed E-state index contributed by atoms with van der Waals surface area (Å²) in [6.07, 6.45) is 0.738. The Bertz CT molecular complexity index is 798. The number of hydrogen-bond acceptors (Lipinski definition) is 4. The molecule has 0 aliphatic carbocycles. The highest BCUT2D eigenvalue weighted by atomic mass is 16.6. The highest BCUT2D eigenvalue weighted by Crippen LogP contribution is 2.28. The number of benzene rings is 1. The molecule has 1 heterocycles. The number of urea groups is 1. The van der Waals surface area contributed by atoms with Crippen LogP contribution >= 0.6 is 0 Å². The SMILES string of the molecule is Cc1cc(C)n(CCCNC(=O)Nc2c(C)ccc([N+](=O)[O-])c2C)n1. The van der Waals surface area contributed by atoms with E-state index in [4.69, 9.17) is 0 Å². The first-order chi connectivity index (χ1) is 11.8. The van der Waals surface area contributed by atoms with Gasteiger partial charge in [-0.25, -0.2) is 4.79 Å². The largest absolute Gasteiger partial charge is 0.338 e. The van der Waals surface area contributed by atoms with Crippen molar-refractivity contribution in [1.29, 1.82) is 0 Å². The Morgan fingerprint density at radius 2 is 2.00 bits per heavy atom. The van der Waals surface area contributed by atoms with E-state index in [0.29, 0.717) is 17.8 Å². The normalized spacial score (nSPS) is 10.6. The maximum Gasteiger partial charge on any atom is 0.319 e. The zero-order valence-electron chi connectivity index (χ0n) is 14.9. The van der Waals surface area contributed by atoms with Crippen molar-refractivity contribution in [3.63, 3.8) is 0 Å². The lowest BCUT2D eigenvalue weighted by Crippen LogP contribution is -2.30. The zero-order valence-corrected chi connectivity index (χ0v) is 14.9. The molecule has 25 heavy (non-hydrogen) atoms. The van der Waals surface area contributed by atoms with Gasteiger partial charge >= 0.3 is 6.03 Å². The van der Waals surface area contributed by atoms with Crippen LogP contribution in [0.25, 0.3) is 0 Å². The van der Waals surface area contributed by atoms with Gasteiger partial charge in [-0.2, -0.15) is 5.10 Å². The molecule has 0 fully saturated rings. The Kier molecular flexibility index (Phi) is 5.74. The van der Waals surface area contributed by atoms with E-state index in [9.17, 15) is 14.9 Å². The molecule has 0 spiro atoms. The Balaban J connectivity index is 1.89. The molecule has 1 aromatic carbocycles. The molecule has 0 unspecified atom stereocenters. The zero-order chi connectivity index (χ0) is 18.6. The summed E-state index contributed by atoms with van der Waals surface area (Å²) in [5, 5.41) is 20.9. The van der Waals surface area contributed by atoms with E-state index in [-0.39, 0.29) is 11.7 Å². The summed E-state index contributed by atoms with van der Waals surface area (Å²) in [5.41, 5.74) is 3.75. The number of amides is 2. The van der Waals surface area contributed by atoms with Gasteiger partial charge in [0.15, 0.2) is 0 Å². The van der Waals surface area contributed by atoms with Crippen LogP contribution in [0.15, 0.2) is 18.2 Å². The predicted octanol–water partition coefficient (Wildman–Crippen LogP) is 3.24. The Hall–Kier alpha value is -2.90. The number of aromatic nitrogens is 2. The average Bonchev–Trinajstić information content (AvgIpc) is 2.85. The van der Waals surface area contributed by atoms with Crippen LogP contribution in [0.2, 0.25) is 0 Å². The second-order valence-corrected chi connectivity index (χ2v) is 6.04. The Morgan fingerprint density at radius 3 is 2.60 bits per heavy atom. The van der Waals surface area contributed by atoms with E-state index in [0.717, 1.165) is 29.9 Å². The molecular formula is C17H23N5O3. The molecule has 0 aliphatic rings. The summed E-state index contributed by atoms with van der Waals surface area (Å²) in [6, 6.07) is 4.71. The first-order valence-corrected chi connectivity index (χ1v) is 8.10. The molecule has 0 saturated heterocycles. The number of carbonyl (C=O) groups excluding carboxylic acids is 1. The minimum absolute atomic E-state index is 0.00886. The number of rotatable bonds is 6. The van der Waals surface area contributed by atoms with E-state index < -0.39 is 4.92 Å². The number of aryl methyl sites for hydroxylation is 4. The third-order valence-corrected chi connectivity index (χ3v) is 4.02. The molecule has 2 rings (SSSR count). The predicted molar refractivity (Wildman–Crippen MR) is 95.9 cm³/mol. The smallest absolute Gasteiger partial charge is 0.319 e. The van der Waals surface area contributed by atoms with Crippen molar-refractivity contribution >= 4 is 17.4 Å². The minimum Gasteiger partial charge on any atom is -0.338 e. The topological polar surface area (TPSA) is 102 Å². The van der Waals surface area contributed by atoms with Crippen molar-refractivity contribution in [2.45, 2.75) is 40.7 Å². The second kappa shape index (κ2) is 7.78. The van der Waals surface area contributed by atoms with Crippen LogP contribution in [-0.4, -0.2) is 27.3 Å². The molecule has 2 N–H and O–H groups in total. The molecular weight excluding hydrogens is 322 g/mol. The van der Waals surface area contributed by atoms with Crippen molar-refractivity contribution < 1.29 is 9.72 Å². The number of nitrogens with zero attached hydrogens (tertiary/aromatic N) is 3. The van der Waals surface area contributed by atoms with Crippen LogP contribution in [0.5, 0.6) is 0 Å². The number of nitrogens with one attached hydrogen (secondary N) is 2. The summed E-state index contributed by atoms with van der Waals surface area (Å²) >= 11 is 0. The Labute approximate surface area is 146 Å². The summed E-state index contributed by atoms with van der Waals surface area (Å²) in [4.78, 5) is 22.6. The maximum atomic E-state index is 12.1. The number of nitro groups is 1. The fourth-order valence-corrected chi connectivity index (χ4v) is 2.72. The minimum atomic E-state index is -0.452. The van der Waals surface area contributed by atoms with Crippen LogP contribution in [0.4, 0.5) is 16.2 Å². The summed E-state index contributed by atoms with van der Waals surface area (Å²) in [7, 11) is 0. The highest BCUT2D eigenvalue weighted by molar-refractivity contribution is 5.91. The van der Waals surface area contributed by atoms with E-state index in [1.807, 2.05) is 24.6 Å². The molecule has 0 radical (unpaired) electrons. The van der Waals surface area contributed by atoms with Gasteiger partial charge in [-0.05, 0) is 45.7 Å². The molecule has 0 bridgehead atoms. The van der Waals surface area contributed by atoms with Crippen LogP contribution in [0.3, 0.4) is 0 Å². The third kappa shape index (κ3) is 4.56. The molecule has 134 valence electrons. The first-order valence-electron chi connectivity index (χ1n) is 8.10. The molecule has 2 aromatic rings. The van der Waals surface area contributed by atoms with Gasteiger partial charge < -0.3 is 10.6 Å². The molecule has 2 amide bonds. The van der Waals surface area contributed by atoms with Gasteiger partial charge in [0.05, 0.1) is 21.9 Å². The molecule has 1 aromatic heterocycles. The fourth-order valence-electron chi connectivity index (χ4n) is 2.72. The van der Waals surface area contributed by atoms with Crippen molar-refractivity contribution in [3.05, 3.63) is 50.8 Å². The van der Waals surface area contributed by atoms with Crippen molar-refractivity contribution in [3.8, 4) is 0 Å². The monoisotopic (exact) mass is 345 g/mol. The molecule has 8 nitrogen and oxygen atoms in total. The summed E-state index contributed by atoms with van der Waals surface area (Å²) < 4.78 is 1.91. The van der Waals surface area contributed by atoms with E-state index >= 15 is 0 Å². The lowest BCUT2D eigenvalue weighted by molar-refractivity contribution is -0.385. The van der Waals surface area contributed by atoms with Gasteiger partial charge in [-0.1, -0.05) is 6.07 Å². The van der Waals surface area contributed by atoms with E-state index in [2.05, 4.69) is 15.7 Å². The summed E-state index contributed by atoms with van der Waals surface area (Å²) in [6.45, 7) is 8.57. The van der Waals surface area contributed by atoms with Crippen molar-refractivity contribution in [2.75, 3.05) is 11.9 Å². The standard InChI is InChI=1S/C17H23N5O3/c1-11-6-7-15(22(24)25)14(4)16(11)19-17(23)18-8-5-9-21-13(3)10-12(2)20-21/h6-7,10H,5,8-9H2,1-4H3,(H2,18,19,23). The number of carbonyl (C=O) groups is 1. The van der Waals surface area contributed by atoms with Gasteiger partial charge in [-0.3, -0.25) is 14.8 Å². The van der Waals surface area contributed by atoms with Crippen molar-refractivity contribution in [2.24, 2.45) is 0 Å². The van der Waals surface area contributed by atoms with Crippen LogP contribution in [0.1, 0.15) is 28.9 Å². The summed E-state index contributed by atoms with van der Waals surface area (Å²) in [5.74, 6) is 0. The quantitative estimate of drug-likeness (QED) is 0.476. The molecule has 8 heteroatoms. The second-order valence-electron chi connectivity index (χ2n) is 6.04.